The van der Waals surface area contributed by atoms with Gasteiger partial charge in [-0.05, 0) is 81.7 Å². The molecule has 0 bridgehead atoms. The Morgan fingerprint density at radius 1 is 0.939 bits per heavy atom. The van der Waals surface area contributed by atoms with Crippen molar-refractivity contribution in [2.75, 3.05) is 42.9 Å². The summed E-state index contributed by atoms with van der Waals surface area (Å²) < 4.78 is 38.0. The molecule has 4 atom stereocenters. The van der Waals surface area contributed by atoms with Gasteiger partial charge in [-0.3, -0.25) is 24.7 Å². The minimum Gasteiger partial charge on any atom is -0.372 e. The van der Waals surface area contributed by atoms with Crippen molar-refractivity contribution in [3.63, 3.8) is 0 Å². The maximum atomic E-state index is 12.7. The van der Waals surface area contributed by atoms with Crippen molar-refractivity contribution in [1.29, 1.82) is 0 Å². The van der Waals surface area contributed by atoms with E-state index >= 15 is 0 Å². The van der Waals surface area contributed by atoms with E-state index in [1.807, 2.05) is 12.1 Å². The van der Waals surface area contributed by atoms with E-state index in [1.54, 1.807) is 17.8 Å². The molecule has 2 aromatic carbocycles. The number of piperidine rings is 1. The fraction of sp³-hybridized carbons (Fsp3) is 0.457. The van der Waals surface area contributed by atoms with Crippen molar-refractivity contribution in [2.24, 2.45) is 0 Å². The van der Waals surface area contributed by atoms with Crippen LogP contribution in [0, 0.1) is 0 Å². The molecule has 2 aliphatic heterocycles. The second kappa shape index (κ2) is 15.2. The minimum absolute atomic E-state index is 0.136. The number of alkyl halides is 3. The van der Waals surface area contributed by atoms with Crippen LogP contribution in [0.2, 0.25) is 10.0 Å². The van der Waals surface area contributed by atoms with Crippen LogP contribution >= 0.6 is 35.0 Å². The highest BCUT2D eigenvalue weighted by molar-refractivity contribution is 7.99. The first-order chi connectivity index (χ1) is 23.4. The quantitative estimate of drug-likeness (QED) is 0.225. The normalized spacial score (nSPS) is 24.3. The van der Waals surface area contributed by atoms with E-state index in [9.17, 15) is 22.8 Å². The number of carbonyl (C=O) groups is 2. The summed E-state index contributed by atoms with van der Waals surface area (Å²) in [6.45, 7) is 7.56. The third kappa shape index (κ3) is 8.54. The molecule has 3 fully saturated rings. The third-order valence-corrected chi connectivity index (χ3v) is 11.2. The van der Waals surface area contributed by atoms with Gasteiger partial charge in [0.25, 0.3) is 0 Å². The van der Waals surface area contributed by atoms with E-state index in [2.05, 4.69) is 80.6 Å². The summed E-state index contributed by atoms with van der Waals surface area (Å²) in [4.78, 5) is 38.4. The molecular weight excluding hydrogens is 696 g/mol. The van der Waals surface area contributed by atoms with Crippen LogP contribution in [0.25, 0.3) is 0 Å². The number of ketones is 2. The monoisotopic (exact) mass is 734 g/mol. The number of nitrogens with one attached hydrogen (secondary N) is 2. The topological polar surface area (TPSA) is 80.8 Å². The number of nitrogens with zero attached hydrogens (tertiary/aromatic N) is 4. The predicted molar refractivity (Wildman–Crippen MR) is 188 cm³/mol. The SMILES string of the molecule is C[C@@H]1CN(c2ncc(NC3C(=O)C(=O)C3NCC(F)(F)F)cc2Cl)[C@@H](C)CN1C1CCN(Cc2ccccc2Sc2ccc(Cl)cc2)CC1. The number of pyridine rings is 1. The lowest BCUT2D eigenvalue weighted by Gasteiger charge is -2.49. The van der Waals surface area contributed by atoms with Gasteiger partial charge in [0.05, 0.1) is 23.5 Å². The first-order valence-electron chi connectivity index (χ1n) is 16.4. The van der Waals surface area contributed by atoms with Crippen LogP contribution in [0.1, 0.15) is 32.3 Å². The van der Waals surface area contributed by atoms with E-state index in [-0.39, 0.29) is 12.1 Å². The largest absolute Gasteiger partial charge is 0.401 e. The van der Waals surface area contributed by atoms with E-state index in [0.29, 0.717) is 22.6 Å². The molecular formula is C35H39Cl2F3N6O2S. The number of likely N-dealkylation sites (tertiary alicyclic amines) is 1. The molecule has 2 N–H and O–H groups in total. The lowest BCUT2D eigenvalue weighted by Crippen LogP contribution is -2.67. The van der Waals surface area contributed by atoms with Crippen LogP contribution in [0.3, 0.4) is 0 Å². The van der Waals surface area contributed by atoms with E-state index < -0.39 is 36.4 Å². The average Bonchev–Trinajstić information content (AvgIpc) is 3.07. The highest BCUT2D eigenvalue weighted by atomic mass is 35.5. The zero-order valence-corrected chi connectivity index (χ0v) is 29.5. The van der Waals surface area contributed by atoms with Crippen LogP contribution in [-0.4, -0.2) is 95.5 Å². The maximum Gasteiger partial charge on any atom is 0.401 e. The molecule has 3 heterocycles. The Kier molecular flexibility index (Phi) is 11.1. The molecule has 14 heteroatoms. The lowest BCUT2D eigenvalue weighted by molar-refractivity contribution is -0.149. The van der Waals surface area contributed by atoms with Gasteiger partial charge in [-0.1, -0.05) is 53.2 Å². The Hall–Kier alpha value is -2.87. The Morgan fingerprint density at radius 3 is 2.33 bits per heavy atom. The second-order valence-corrected chi connectivity index (χ2v) is 15.0. The van der Waals surface area contributed by atoms with Gasteiger partial charge in [-0.2, -0.15) is 13.2 Å². The zero-order chi connectivity index (χ0) is 34.9. The molecule has 1 aliphatic carbocycles. The summed E-state index contributed by atoms with van der Waals surface area (Å²) in [5.41, 5.74) is 1.68. The smallest absolute Gasteiger partial charge is 0.372 e. The van der Waals surface area contributed by atoms with E-state index in [0.717, 1.165) is 50.6 Å². The van der Waals surface area contributed by atoms with Crippen LogP contribution in [0.4, 0.5) is 24.7 Å². The van der Waals surface area contributed by atoms with Crippen LogP contribution in [-0.2, 0) is 16.1 Å². The standard InChI is InChI=1S/C35H39Cl2F3N6O2S/c1-21-18-46(34-28(37)15-25(16-41-34)43-31-30(32(47)33(31)48)42-20-35(38,39)40)22(2)17-45(21)26-11-13-44(14-12-26)19-23-5-3-4-6-29(23)49-27-9-7-24(36)8-10-27/h3-10,15-16,21-22,26,30-31,42-43H,11-14,17-20H2,1-2H3/t21-,22+,30?,31?/m1/s1. The first-order valence-corrected chi connectivity index (χ1v) is 18.0. The highest BCUT2D eigenvalue weighted by Crippen LogP contribution is 2.35. The summed E-state index contributed by atoms with van der Waals surface area (Å²) in [6.07, 6.45) is -0.825. The Morgan fingerprint density at radius 2 is 1.63 bits per heavy atom. The number of piperazine rings is 1. The number of hydrogen-bond acceptors (Lipinski definition) is 9. The third-order valence-electron chi connectivity index (χ3n) is 9.55. The van der Waals surface area contributed by atoms with Gasteiger partial charge in [0.15, 0.2) is 0 Å². The number of anilines is 2. The second-order valence-electron chi connectivity index (χ2n) is 13.1. The number of aromatic nitrogens is 1. The molecule has 8 nitrogen and oxygen atoms in total. The van der Waals surface area contributed by atoms with Gasteiger partial charge in [0.1, 0.15) is 17.9 Å². The van der Waals surface area contributed by atoms with Crippen LogP contribution < -0.4 is 15.5 Å². The maximum absolute atomic E-state index is 12.7. The minimum atomic E-state index is -4.50. The van der Waals surface area contributed by atoms with Gasteiger partial charge >= 0.3 is 6.18 Å². The van der Waals surface area contributed by atoms with Crippen molar-refractivity contribution in [3.05, 3.63) is 76.4 Å². The molecule has 1 saturated carbocycles. The highest BCUT2D eigenvalue weighted by Gasteiger charge is 2.50. The van der Waals surface area contributed by atoms with Gasteiger partial charge < -0.3 is 10.2 Å². The lowest BCUT2D eigenvalue weighted by atomic mass is 9.83. The van der Waals surface area contributed by atoms with Crippen molar-refractivity contribution in [3.8, 4) is 0 Å². The van der Waals surface area contributed by atoms with Crippen molar-refractivity contribution < 1.29 is 22.8 Å². The summed E-state index contributed by atoms with van der Waals surface area (Å²) in [5, 5.41) is 6.05. The van der Waals surface area contributed by atoms with E-state index in [4.69, 9.17) is 23.2 Å². The molecule has 49 heavy (non-hydrogen) atoms. The fourth-order valence-electron chi connectivity index (χ4n) is 6.97. The molecule has 3 aromatic rings. The molecule has 0 spiro atoms. The molecule has 262 valence electrons. The molecule has 0 radical (unpaired) electrons. The van der Waals surface area contributed by atoms with Gasteiger partial charge in [-0.15, -0.1) is 0 Å². The molecule has 0 amide bonds. The van der Waals surface area contributed by atoms with Crippen LogP contribution in [0.15, 0.2) is 70.6 Å². The molecule has 6 rings (SSSR count). The van der Waals surface area contributed by atoms with Crippen molar-refractivity contribution in [1.82, 2.24) is 20.1 Å². The summed E-state index contributed by atoms with van der Waals surface area (Å²) in [7, 11) is 0. The number of halogens is 5. The Bertz CT molecular complexity index is 1660. The summed E-state index contributed by atoms with van der Waals surface area (Å²) in [5.74, 6) is -1.04. The Labute approximate surface area is 298 Å². The molecule has 2 saturated heterocycles. The number of carbonyl (C=O) groups excluding carboxylic acids is 2. The summed E-state index contributed by atoms with van der Waals surface area (Å²) in [6, 6.07) is 16.6. The van der Waals surface area contributed by atoms with Gasteiger partial charge in [0.2, 0.25) is 11.6 Å². The van der Waals surface area contributed by atoms with Crippen molar-refractivity contribution >= 4 is 58.0 Å². The van der Waals surface area contributed by atoms with E-state index in [1.165, 1.54) is 21.6 Å². The fourth-order valence-corrected chi connectivity index (χ4v) is 8.31. The van der Waals surface area contributed by atoms with Gasteiger partial charge in [0, 0.05) is 52.6 Å². The molecule has 1 aromatic heterocycles. The van der Waals surface area contributed by atoms with Crippen molar-refractivity contribution in [2.45, 2.75) is 79.4 Å². The first kappa shape index (κ1) is 35.9. The summed E-state index contributed by atoms with van der Waals surface area (Å²) >= 11 is 14.5. The van der Waals surface area contributed by atoms with Gasteiger partial charge in [-0.25, -0.2) is 4.98 Å². The number of Topliss-reactive ketones (excluding diaryl/α,β-unsaturated/α-hetero) is 2. The number of hydrogen-bond donors (Lipinski definition) is 2. The zero-order valence-electron chi connectivity index (χ0n) is 27.2. The Balaban J connectivity index is 1.02. The number of rotatable bonds is 10. The number of benzene rings is 2. The molecule has 2 unspecified atom stereocenters. The molecule has 3 aliphatic rings. The van der Waals surface area contributed by atoms with Crippen LogP contribution in [0.5, 0.6) is 0 Å². The predicted octanol–water partition coefficient (Wildman–Crippen LogP) is 6.56. The average molecular weight is 736 g/mol.